The number of nitro benzene ring substituents is 1. The van der Waals surface area contributed by atoms with Crippen molar-refractivity contribution in [2.24, 2.45) is 5.73 Å². The van der Waals surface area contributed by atoms with Crippen molar-refractivity contribution in [2.45, 2.75) is 12.5 Å². The minimum Gasteiger partial charge on any atom is -0.321 e. The summed E-state index contributed by atoms with van der Waals surface area (Å²) in [4.78, 5) is 14.6. The van der Waals surface area contributed by atoms with Crippen LogP contribution in [0.4, 0.5) is 5.69 Å². The van der Waals surface area contributed by atoms with Crippen molar-refractivity contribution in [3.63, 3.8) is 0 Å². The van der Waals surface area contributed by atoms with Gasteiger partial charge in [0.1, 0.15) is 5.82 Å². The fourth-order valence-electron chi connectivity index (χ4n) is 2.27. The first-order chi connectivity index (χ1) is 11.1. The summed E-state index contributed by atoms with van der Waals surface area (Å²) in [7, 11) is 0. The molecular formula is C16H15N5O2. The number of benzene rings is 2. The van der Waals surface area contributed by atoms with Crippen LogP contribution in [0.2, 0.25) is 0 Å². The van der Waals surface area contributed by atoms with E-state index in [1.807, 2.05) is 30.3 Å². The fourth-order valence-corrected chi connectivity index (χ4v) is 2.27. The van der Waals surface area contributed by atoms with Gasteiger partial charge in [-0.1, -0.05) is 30.3 Å². The molecule has 0 bridgehead atoms. The number of aromatic amines is 1. The van der Waals surface area contributed by atoms with Crippen molar-refractivity contribution in [2.75, 3.05) is 0 Å². The van der Waals surface area contributed by atoms with Gasteiger partial charge >= 0.3 is 0 Å². The molecule has 1 atom stereocenters. The highest BCUT2D eigenvalue weighted by atomic mass is 16.6. The molecule has 0 unspecified atom stereocenters. The average Bonchev–Trinajstić information content (AvgIpc) is 3.06. The Morgan fingerprint density at radius 2 is 1.83 bits per heavy atom. The summed E-state index contributed by atoms with van der Waals surface area (Å²) >= 11 is 0. The van der Waals surface area contributed by atoms with Crippen LogP contribution in [0.1, 0.15) is 17.4 Å². The van der Waals surface area contributed by atoms with Crippen molar-refractivity contribution >= 4 is 5.69 Å². The van der Waals surface area contributed by atoms with E-state index in [2.05, 4.69) is 15.2 Å². The standard InChI is InChI=1S/C16H15N5O2/c17-14(10-11-4-2-1-3-5-11)16-18-15(19-20-16)12-6-8-13(9-7-12)21(22)23/h1-9,14H,10,17H2,(H,18,19,20)/t14-/m0/s1. The first-order valence-electron chi connectivity index (χ1n) is 7.10. The Labute approximate surface area is 132 Å². The zero-order valence-corrected chi connectivity index (χ0v) is 12.2. The van der Waals surface area contributed by atoms with Gasteiger partial charge in [0.15, 0.2) is 5.82 Å². The molecule has 0 saturated heterocycles. The number of nitrogens with two attached hydrogens (primary N) is 1. The molecular weight excluding hydrogens is 294 g/mol. The molecule has 0 radical (unpaired) electrons. The fraction of sp³-hybridized carbons (Fsp3) is 0.125. The van der Waals surface area contributed by atoms with Crippen molar-refractivity contribution in [1.82, 2.24) is 15.2 Å². The Balaban J connectivity index is 1.76. The number of non-ortho nitro benzene ring substituents is 1. The molecule has 0 saturated carbocycles. The molecule has 0 aliphatic carbocycles. The van der Waals surface area contributed by atoms with E-state index in [1.165, 1.54) is 12.1 Å². The SMILES string of the molecule is N[C@@H](Cc1ccccc1)c1nc(-c2ccc([N+](=O)[O-])cc2)n[nH]1. The smallest absolute Gasteiger partial charge is 0.269 e. The molecule has 7 nitrogen and oxygen atoms in total. The Kier molecular flexibility index (Phi) is 4.11. The number of aromatic nitrogens is 3. The summed E-state index contributed by atoms with van der Waals surface area (Å²) in [6.07, 6.45) is 0.649. The van der Waals surface area contributed by atoms with Crippen molar-refractivity contribution < 1.29 is 4.92 Å². The summed E-state index contributed by atoms with van der Waals surface area (Å²) in [6, 6.07) is 15.7. The van der Waals surface area contributed by atoms with Gasteiger partial charge in [-0.3, -0.25) is 15.2 Å². The number of hydrogen-bond acceptors (Lipinski definition) is 5. The zero-order chi connectivity index (χ0) is 16.2. The van der Waals surface area contributed by atoms with E-state index in [-0.39, 0.29) is 11.7 Å². The quantitative estimate of drug-likeness (QED) is 0.556. The molecule has 1 heterocycles. The van der Waals surface area contributed by atoms with E-state index in [4.69, 9.17) is 5.73 Å². The second-order valence-electron chi connectivity index (χ2n) is 5.14. The number of rotatable bonds is 5. The molecule has 7 heteroatoms. The Morgan fingerprint density at radius 1 is 1.13 bits per heavy atom. The molecule has 2 aromatic carbocycles. The number of H-pyrrole nitrogens is 1. The third kappa shape index (κ3) is 3.41. The molecule has 0 aliphatic heterocycles. The summed E-state index contributed by atoms with van der Waals surface area (Å²) in [5.41, 5.74) is 8.01. The normalized spacial score (nSPS) is 12.0. The van der Waals surface area contributed by atoms with Gasteiger partial charge in [-0.15, -0.1) is 0 Å². The second kappa shape index (κ2) is 6.37. The third-order valence-electron chi connectivity index (χ3n) is 3.49. The molecule has 0 aliphatic rings. The van der Waals surface area contributed by atoms with Crippen LogP contribution in [-0.4, -0.2) is 20.1 Å². The van der Waals surface area contributed by atoms with Crippen LogP contribution < -0.4 is 5.73 Å². The van der Waals surface area contributed by atoms with Gasteiger partial charge in [-0.05, 0) is 24.1 Å². The summed E-state index contributed by atoms with van der Waals surface area (Å²) < 4.78 is 0. The maximum Gasteiger partial charge on any atom is 0.269 e. The van der Waals surface area contributed by atoms with Gasteiger partial charge < -0.3 is 5.73 Å². The first kappa shape index (κ1) is 14.9. The van der Waals surface area contributed by atoms with E-state index in [1.54, 1.807) is 12.1 Å². The Bertz CT molecular complexity index is 799. The monoisotopic (exact) mass is 309 g/mol. The van der Waals surface area contributed by atoms with Crippen LogP contribution in [0.3, 0.4) is 0 Å². The highest BCUT2D eigenvalue weighted by Gasteiger charge is 2.14. The highest BCUT2D eigenvalue weighted by molar-refractivity contribution is 5.56. The average molecular weight is 309 g/mol. The Morgan fingerprint density at radius 3 is 2.48 bits per heavy atom. The van der Waals surface area contributed by atoms with Crippen LogP contribution in [0.5, 0.6) is 0 Å². The summed E-state index contributed by atoms with van der Waals surface area (Å²) in [5.74, 6) is 1.06. The second-order valence-corrected chi connectivity index (χ2v) is 5.14. The summed E-state index contributed by atoms with van der Waals surface area (Å²) in [5, 5.41) is 17.6. The van der Waals surface area contributed by atoms with E-state index in [0.717, 1.165) is 5.56 Å². The Hall–Kier alpha value is -3.06. The number of nitrogens with one attached hydrogen (secondary N) is 1. The molecule has 3 rings (SSSR count). The molecule has 0 fully saturated rings. The molecule has 3 N–H and O–H groups in total. The first-order valence-corrected chi connectivity index (χ1v) is 7.10. The predicted molar refractivity (Wildman–Crippen MR) is 85.5 cm³/mol. The van der Waals surface area contributed by atoms with Gasteiger partial charge in [-0.2, -0.15) is 5.10 Å². The van der Waals surface area contributed by atoms with Gasteiger partial charge in [0.2, 0.25) is 0 Å². The molecule has 1 aromatic heterocycles. The van der Waals surface area contributed by atoms with Crippen molar-refractivity contribution in [3.05, 3.63) is 76.1 Å². The maximum atomic E-state index is 10.7. The number of hydrogen-bond donors (Lipinski definition) is 2. The maximum absolute atomic E-state index is 10.7. The molecule has 0 amide bonds. The minimum absolute atomic E-state index is 0.0327. The van der Waals surface area contributed by atoms with E-state index in [0.29, 0.717) is 23.6 Å². The van der Waals surface area contributed by atoms with Gasteiger partial charge in [0.25, 0.3) is 5.69 Å². The van der Waals surface area contributed by atoms with Crippen LogP contribution in [0.25, 0.3) is 11.4 Å². The van der Waals surface area contributed by atoms with Crippen LogP contribution in [0, 0.1) is 10.1 Å². The molecule has 0 spiro atoms. The third-order valence-corrected chi connectivity index (χ3v) is 3.49. The van der Waals surface area contributed by atoms with Gasteiger partial charge in [-0.25, -0.2) is 4.98 Å². The predicted octanol–water partition coefficient (Wildman–Crippen LogP) is 2.62. The van der Waals surface area contributed by atoms with Gasteiger partial charge in [0, 0.05) is 17.7 Å². The molecule has 116 valence electrons. The van der Waals surface area contributed by atoms with Crippen LogP contribution >= 0.6 is 0 Å². The van der Waals surface area contributed by atoms with Gasteiger partial charge in [0.05, 0.1) is 11.0 Å². The van der Waals surface area contributed by atoms with Crippen LogP contribution in [0.15, 0.2) is 54.6 Å². The van der Waals surface area contributed by atoms with Crippen molar-refractivity contribution in [3.8, 4) is 11.4 Å². The molecule has 3 aromatic rings. The van der Waals surface area contributed by atoms with E-state index >= 15 is 0 Å². The lowest BCUT2D eigenvalue weighted by molar-refractivity contribution is -0.384. The summed E-state index contributed by atoms with van der Waals surface area (Å²) in [6.45, 7) is 0. The zero-order valence-electron chi connectivity index (χ0n) is 12.2. The highest BCUT2D eigenvalue weighted by Crippen LogP contribution is 2.21. The van der Waals surface area contributed by atoms with E-state index in [9.17, 15) is 10.1 Å². The largest absolute Gasteiger partial charge is 0.321 e. The van der Waals surface area contributed by atoms with E-state index < -0.39 is 4.92 Å². The lowest BCUT2D eigenvalue weighted by Crippen LogP contribution is -2.15. The van der Waals surface area contributed by atoms with Crippen molar-refractivity contribution in [1.29, 1.82) is 0 Å². The lowest BCUT2D eigenvalue weighted by atomic mass is 10.1. The number of nitrogens with zero attached hydrogens (tertiary/aromatic N) is 3. The number of nitro groups is 1. The molecule has 23 heavy (non-hydrogen) atoms. The topological polar surface area (TPSA) is 111 Å². The lowest BCUT2D eigenvalue weighted by Gasteiger charge is -2.07. The minimum atomic E-state index is -0.442. The van der Waals surface area contributed by atoms with Crippen LogP contribution in [-0.2, 0) is 6.42 Å².